The zero-order valence-electron chi connectivity index (χ0n) is 9.97. The van der Waals surface area contributed by atoms with Gasteiger partial charge >= 0.3 is 0 Å². The van der Waals surface area contributed by atoms with E-state index in [9.17, 15) is 0 Å². The summed E-state index contributed by atoms with van der Waals surface area (Å²) in [4.78, 5) is 0. The van der Waals surface area contributed by atoms with Gasteiger partial charge in [-0.05, 0) is 43.4 Å². The lowest BCUT2D eigenvalue weighted by atomic mass is 10.1. The Hall–Kier alpha value is -0.630. The number of hydrogen-bond acceptors (Lipinski definition) is 2. The standard InChI is InChI=1S/C13H21NS/c1-4-15-9-5-8-14-13-7-6-11(2)10-12(13)3/h6-7,10,14H,4-5,8-9H2,1-3H3. The first-order valence-electron chi connectivity index (χ1n) is 5.63. The molecular formula is C13H21NS. The number of hydrogen-bond donors (Lipinski definition) is 1. The molecular weight excluding hydrogens is 202 g/mol. The van der Waals surface area contributed by atoms with E-state index in [-0.39, 0.29) is 0 Å². The molecule has 15 heavy (non-hydrogen) atoms. The Bertz CT molecular complexity index is 297. The van der Waals surface area contributed by atoms with Gasteiger partial charge < -0.3 is 5.32 Å². The molecule has 0 saturated heterocycles. The summed E-state index contributed by atoms with van der Waals surface area (Å²) in [5.74, 6) is 2.48. The third-order valence-electron chi connectivity index (χ3n) is 2.37. The van der Waals surface area contributed by atoms with Crippen LogP contribution in [0.25, 0.3) is 0 Å². The molecule has 0 aliphatic rings. The Kier molecular flexibility index (Phi) is 5.62. The summed E-state index contributed by atoms with van der Waals surface area (Å²) < 4.78 is 0. The molecule has 1 aromatic rings. The first-order valence-corrected chi connectivity index (χ1v) is 6.78. The van der Waals surface area contributed by atoms with Gasteiger partial charge in [-0.15, -0.1) is 0 Å². The monoisotopic (exact) mass is 223 g/mol. The van der Waals surface area contributed by atoms with Gasteiger partial charge in [-0.3, -0.25) is 0 Å². The van der Waals surface area contributed by atoms with Crippen molar-refractivity contribution in [3.63, 3.8) is 0 Å². The molecule has 0 bridgehead atoms. The minimum Gasteiger partial charge on any atom is -0.385 e. The van der Waals surface area contributed by atoms with Gasteiger partial charge in [0.25, 0.3) is 0 Å². The molecule has 0 atom stereocenters. The summed E-state index contributed by atoms with van der Waals surface area (Å²) >= 11 is 2.01. The summed E-state index contributed by atoms with van der Waals surface area (Å²) in [6, 6.07) is 6.57. The van der Waals surface area contributed by atoms with Gasteiger partial charge in [0.1, 0.15) is 0 Å². The number of anilines is 1. The molecule has 0 aromatic heterocycles. The molecule has 0 aliphatic heterocycles. The van der Waals surface area contributed by atoms with Crippen molar-refractivity contribution in [3.05, 3.63) is 29.3 Å². The van der Waals surface area contributed by atoms with Gasteiger partial charge in [0.15, 0.2) is 0 Å². The molecule has 0 radical (unpaired) electrons. The molecule has 1 nitrogen and oxygen atoms in total. The lowest BCUT2D eigenvalue weighted by molar-refractivity contribution is 0.989. The molecule has 0 aliphatic carbocycles. The third-order valence-corrected chi connectivity index (χ3v) is 3.35. The third kappa shape index (κ3) is 4.61. The second-order valence-electron chi connectivity index (χ2n) is 3.80. The van der Waals surface area contributed by atoms with E-state index in [0.29, 0.717) is 0 Å². The van der Waals surface area contributed by atoms with Crippen LogP contribution in [0.3, 0.4) is 0 Å². The van der Waals surface area contributed by atoms with Crippen molar-refractivity contribution < 1.29 is 0 Å². The fraction of sp³-hybridized carbons (Fsp3) is 0.538. The topological polar surface area (TPSA) is 12.0 Å². The largest absolute Gasteiger partial charge is 0.385 e. The molecule has 0 amide bonds. The summed E-state index contributed by atoms with van der Waals surface area (Å²) in [6.45, 7) is 7.59. The van der Waals surface area contributed by atoms with E-state index in [1.54, 1.807) is 0 Å². The fourth-order valence-corrected chi connectivity index (χ4v) is 2.19. The van der Waals surface area contributed by atoms with Crippen LogP contribution >= 0.6 is 11.8 Å². The van der Waals surface area contributed by atoms with Crippen molar-refractivity contribution in [1.29, 1.82) is 0 Å². The van der Waals surface area contributed by atoms with Crippen LogP contribution in [0.1, 0.15) is 24.5 Å². The second kappa shape index (κ2) is 6.78. The number of rotatable bonds is 6. The van der Waals surface area contributed by atoms with Crippen molar-refractivity contribution in [2.75, 3.05) is 23.4 Å². The first kappa shape index (κ1) is 12.4. The Balaban J connectivity index is 2.31. The van der Waals surface area contributed by atoms with Crippen LogP contribution < -0.4 is 5.32 Å². The van der Waals surface area contributed by atoms with E-state index in [0.717, 1.165) is 6.54 Å². The molecule has 2 heteroatoms. The second-order valence-corrected chi connectivity index (χ2v) is 5.19. The lowest BCUT2D eigenvalue weighted by Gasteiger charge is -2.09. The summed E-state index contributed by atoms with van der Waals surface area (Å²) in [5, 5.41) is 3.49. The maximum Gasteiger partial charge on any atom is 0.0370 e. The van der Waals surface area contributed by atoms with Crippen molar-refractivity contribution in [2.24, 2.45) is 0 Å². The van der Waals surface area contributed by atoms with E-state index in [2.05, 4.69) is 44.3 Å². The van der Waals surface area contributed by atoms with Gasteiger partial charge in [-0.1, -0.05) is 24.6 Å². The van der Waals surface area contributed by atoms with Crippen molar-refractivity contribution in [1.82, 2.24) is 0 Å². The predicted octanol–water partition coefficient (Wildman–Crippen LogP) is 3.86. The van der Waals surface area contributed by atoms with Crippen molar-refractivity contribution in [3.8, 4) is 0 Å². The average molecular weight is 223 g/mol. The molecule has 0 spiro atoms. The van der Waals surface area contributed by atoms with E-state index in [4.69, 9.17) is 0 Å². The molecule has 1 aromatic carbocycles. The summed E-state index contributed by atoms with van der Waals surface area (Å²) in [6.07, 6.45) is 1.24. The average Bonchev–Trinajstić information content (AvgIpc) is 2.20. The molecule has 0 heterocycles. The van der Waals surface area contributed by atoms with E-state index in [1.165, 1.54) is 34.7 Å². The predicted molar refractivity (Wildman–Crippen MR) is 72.0 cm³/mol. The Labute approximate surface area is 97.7 Å². The number of nitrogens with one attached hydrogen (secondary N) is 1. The maximum atomic E-state index is 3.49. The fourth-order valence-electron chi connectivity index (χ4n) is 1.55. The van der Waals surface area contributed by atoms with Crippen molar-refractivity contribution >= 4 is 17.4 Å². The Morgan fingerprint density at radius 1 is 1.27 bits per heavy atom. The van der Waals surface area contributed by atoms with Gasteiger partial charge in [0, 0.05) is 12.2 Å². The zero-order valence-corrected chi connectivity index (χ0v) is 10.8. The number of thioether (sulfide) groups is 1. The van der Waals surface area contributed by atoms with Gasteiger partial charge in [-0.2, -0.15) is 11.8 Å². The van der Waals surface area contributed by atoms with Crippen LogP contribution in [0.4, 0.5) is 5.69 Å². The molecule has 1 rings (SSSR count). The van der Waals surface area contributed by atoms with Crippen LogP contribution in [0, 0.1) is 13.8 Å². The highest BCUT2D eigenvalue weighted by Gasteiger charge is 1.96. The van der Waals surface area contributed by atoms with Gasteiger partial charge in [-0.25, -0.2) is 0 Å². The van der Waals surface area contributed by atoms with Gasteiger partial charge in [0.05, 0.1) is 0 Å². The highest BCUT2D eigenvalue weighted by atomic mass is 32.2. The zero-order chi connectivity index (χ0) is 11.1. The quantitative estimate of drug-likeness (QED) is 0.735. The molecule has 0 fully saturated rings. The molecule has 1 N–H and O–H groups in total. The number of aryl methyl sites for hydroxylation is 2. The smallest absolute Gasteiger partial charge is 0.0370 e. The van der Waals surface area contributed by atoms with Crippen LogP contribution in [0.5, 0.6) is 0 Å². The minimum atomic E-state index is 1.08. The SMILES string of the molecule is CCSCCCNc1ccc(C)cc1C. The van der Waals surface area contributed by atoms with Crippen LogP contribution in [-0.2, 0) is 0 Å². The summed E-state index contributed by atoms with van der Waals surface area (Å²) in [7, 11) is 0. The first-order chi connectivity index (χ1) is 7.24. The normalized spacial score (nSPS) is 10.3. The van der Waals surface area contributed by atoms with Gasteiger partial charge in [0.2, 0.25) is 0 Å². The Morgan fingerprint density at radius 2 is 2.07 bits per heavy atom. The minimum absolute atomic E-state index is 1.08. The lowest BCUT2D eigenvalue weighted by Crippen LogP contribution is -2.04. The maximum absolute atomic E-state index is 3.49. The van der Waals surface area contributed by atoms with Crippen LogP contribution in [0.2, 0.25) is 0 Å². The van der Waals surface area contributed by atoms with E-state index >= 15 is 0 Å². The Morgan fingerprint density at radius 3 is 2.73 bits per heavy atom. The van der Waals surface area contributed by atoms with E-state index < -0.39 is 0 Å². The van der Waals surface area contributed by atoms with Crippen molar-refractivity contribution in [2.45, 2.75) is 27.2 Å². The number of benzene rings is 1. The highest BCUT2D eigenvalue weighted by Crippen LogP contribution is 2.15. The van der Waals surface area contributed by atoms with Crippen LogP contribution in [0.15, 0.2) is 18.2 Å². The molecule has 84 valence electrons. The summed E-state index contributed by atoms with van der Waals surface area (Å²) in [5.41, 5.74) is 3.96. The molecule has 0 saturated carbocycles. The van der Waals surface area contributed by atoms with E-state index in [1.807, 2.05) is 11.8 Å². The highest BCUT2D eigenvalue weighted by molar-refractivity contribution is 7.99. The molecule has 0 unspecified atom stereocenters. The van der Waals surface area contributed by atoms with Crippen LogP contribution in [-0.4, -0.2) is 18.1 Å².